The molecule has 3 N–H and O–H groups in total. The first kappa shape index (κ1) is 15.0. The Hall–Kier alpha value is -2.90. The van der Waals surface area contributed by atoms with Crippen molar-refractivity contribution in [2.45, 2.75) is 31.7 Å². The summed E-state index contributed by atoms with van der Waals surface area (Å²) in [5.41, 5.74) is 0.462. The number of nitrogens with zero attached hydrogens (tertiary/aromatic N) is 3. The van der Waals surface area contributed by atoms with Crippen LogP contribution in [0.5, 0.6) is 5.75 Å². The molecule has 8 heteroatoms. The van der Waals surface area contributed by atoms with Gasteiger partial charge in [0.1, 0.15) is 11.9 Å². The Bertz CT molecular complexity index is 716. The summed E-state index contributed by atoms with van der Waals surface area (Å²) in [4.78, 5) is 18.9. The Morgan fingerprint density at radius 1 is 1.30 bits per heavy atom. The predicted molar refractivity (Wildman–Crippen MR) is 86.0 cm³/mol. The van der Waals surface area contributed by atoms with Gasteiger partial charge in [-0.2, -0.15) is 4.98 Å². The van der Waals surface area contributed by atoms with E-state index in [1.54, 1.807) is 18.2 Å². The quantitative estimate of drug-likeness (QED) is 0.573. The molecule has 0 saturated heterocycles. The van der Waals surface area contributed by atoms with Gasteiger partial charge in [0.2, 0.25) is 11.8 Å². The van der Waals surface area contributed by atoms with Crippen molar-refractivity contribution in [2.75, 3.05) is 10.6 Å². The van der Waals surface area contributed by atoms with Crippen LogP contribution in [0.4, 0.5) is 23.1 Å². The molecule has 3 rings (SSSR count). The van der Waals surface area contributed by atoms with Gasteiger partial charge in [0.15, 0.2) is 0 Å². The maximum atomic E-state index is 11.1. The molecular formula is C15H17N5O3. The fraction of sp³-hybridized carbons (Fsp3) is 0.333. The molecule has 0 amide bonds. The first-order valence-corrected chi connectivity index (χ1v) is 7.46. The summed E-state index contributed by atoms with van der Waals surface area (Å²) in [6.07, 6.45) is 5.39. The number of nitro groups is 1. The van der Waals surface area contributed by atoms with Crippen LogP contribution in [0.2, 0.25) is 0 Å². The van der Waals surface area contributed by atoms with Gasteiger partial charge in [-0.1, -0.05) is 18.9 Å². The maximum Gasteiger partial charge on any atom is 0.329 e. The monoisotopic (exact) mass is 315 g/mol. The van der Waals surface area contributed by atoms with Gasteiger partial charge in [-0.15, -0.1) is 0 Å². The van der Waals surface area contributed by atoms with Crippen molar-refractivity contribution < 1.29 is 10.0 Å². The molecule has 120 valence electrons. The highest BCUT2D eigenvalue weighted by atomic mass is 16.6. The first-order chi connectivity index (χ1) is 11.1. The fourth-order valence-electron chi connectivity index (χ4n) is 2.65. The number of anilines is 3. The van der Waals surface area contributed by atoms with Crippen LogP contribution in [0.1, 0.15) is 25.7 Å². The van der Waals surface area contributed by atoms with Crippen molar-refractivity contribution >= 4 is 23.1 Å². The van der Waals surface area contributed by atoms with Crippen molar-refractivity contribution in [3.63, 3.8) is 0 Å². The molecule has 1 aliphatic rings. The molecule has 1 saturated carbocycles. The van der Waals surface area contributed by atoms with Gasteiger partial charge in [-0.25, -0.2) is 4.98 Å². The number of hydrogen-bond donors (Lipinski definition) is 3. The van der Waals surface area contributed by atoms with Crippen LogP contribution in [0.15, 0.2) is 30.5 Å². The molecule has 0 bridgehead atoms. The molecule has 0 unspecified atom stereocenters. The van der Waals surface area contributed by atoms with Gasteiger partial charge in [-0.3, -0.25) is 10.1 Å². The summed E-state index contributed by atoms with van der Waals surface area (Å²) in [5, 5.41) is 26.7. The maximum absolute atomic E-state index is 11.1. The number of phenols is 1. The molecule has 8 nitrogen and oxygen atoms in total. The smallest absolute Gasteiger partial charge is 0.329 e. The highest BCUT2D eigenvalue weighted by Crippen LogP contribution is 2.28. The van der Waals surface area contributed by atoms with Crippen LogP contribution >= 0.6 is 0 Å². The van der Waals surface area contributed by atoms with E-state index in [4.69, 9.17) is 0 Å². The van der Waals surface area contributed by atoms with Gasteiger partial charge >= 0.3 is 5.69 Å². The normalized spacial score (nSPS) is 14.6. The second-order valence-electron chi connectivity index (χ2n) is 5.49. The Kier molecular flexibility index (Phi) is 4.22. The van der Waals surface area contributed by atoms with Gasteiger partial charge in [0, 0.05) is 17.8 Å². The zero-order valence-electron chi connectivity index (χ0n) is 12.4. The van der Waals surface area contributed by atoms with E-state index >= 15 is 0 Å². The second-order valence-corrected chi connectivity index (χ2v) is 5.49. The number of hydrogen-bond acceptors (Lipinski definition) is 7. The van der Waals surface area contributed by atoms with E-state index in [0.717, 1.165) is 25.7 Å². The highest BCUT2D eigenvalue weighted by Gasteiger charge is 2.22. The molecule has 1 aliphatic carbocycles. The van der Waals surface area contributed by atoms with Crippen molar-refractivity contribution in [3.8, 4) is 5.75 Å². The molecular weight excluding hydrogens is 298 g/mol. The SMILES string of the molecule is O=[N+]([O-])c1cnc(Nc2cccc(O)c2)nc1NC1CCCC1. The number of aromatic nitrogens is 2. The summed E-state index contributed by atoms with van der Waals surface area (Å²) in [6, 6.07) is 6.70. The molecule has 1 aromatic carbocycles. The summed E-state index contributed by atoms with van der Waals surface area (Å²) in [5.74, 6) is 0.572. The van der Waals surface area contributed by atoms with Crippen molar-refractivity contribution in [3.05, 3.63) is 40.6 Å². The molecule has 1 aromatic heterocycles. The molecule has 0 radical (unpaired) electrons. The molecule has 0 spiro atoms. The minimum atomic E-state index is -0.491. The van der Waals surface area contributed by atoms with Crippen molar-refractivity contribution in [1.82, 2.24) is 9.97 Å². The van der Waals surface area contributed by atoms with Crippen LogP contribution in [0, 0.1) is 10.1 Å². The molecule has 1 fully saturated rings. The van der Waals surface area contributed by atoms with E-state index < -0.39 is 4.92 Å². The van der Waals surface area contributed by atoms with Crippen molar-refractivity contribution in [1.29, 1.82) is 0 Å². The van der Waals surface area contributed by atoms with E-state index in [9.17, 15) is 15.2 Å². The minimum absolute atomic E-state index is 0.112. The Morgan fingerprint density at radius 3 is 2.78 bits per heavy atom. The number of phenolic OH excluding ortho intramolecular Hbond substituents is 1. The third kappa shape index (κ3) is 3.65. The standard InChI is InChI=1S/C15H17N5O3/c21-12-7-3-6-11(8-12)18-15-16-9-13(20(22)23)14(19-15)17-10-4-1-2-5-10/h3,6-10,21H,1-2,4-5H2,(H2,16,17,18,19). The number of nitrogens with one attached hydrogen (secondary N) is 2. The first-order valence-electron chi connectivity index (χ1n) is 7.46. The molecule has 2 aromatic rings. The van der Waals surface area contributed by atoms with E-state index in [-0.39, 0.29) is 29.2 Å². The lowest BCUT2D eigenvalue weighted by Gasteiger charge is -2.13. The lowest BCUT2D eigenvalue weighted by molar-refractivity contribution is -0.384. The number of benzene rings is 1. The Balaban J connectivity index is 1.85. The number of aromatic hydroxyl groups is 1. The lowest BCUT2D eigenvalue weighted by Crippen LogP contribution is -2.17. The lowest BCUT2D eigenvalue weighted by atomic mass is 10.2. The van der Waals surface area contributed by atoms with Crippen LogP contribution in [0.3, 0.4) is 0 Å². The molecule has 0 aliphatic heterocycles. The third-order valence-electron chi connectivity index (χ3n) is 3.76. The molecule has 1 heterocycles. The molecule has 0 atom stereocenters. The Morgan fingerprint density at radius 2 is 2.09 bits per heavy atom. The predicted octanol–water partition coefficient (Wildman–Crippen LogP) is 3.19. The highest BCUT2D eigenvalue weighted by molar-refractivity contribution is 5.61. The van der Waals surface area contributed by atoms with Crippen LogP contribution in [-0.2, 0) is 0 Å². The van der Waals surface area contributed by atoms with Crippen LogP contribution in [-0.4, -0.2) is 26.0 Å². The summed E-state index contributed by atoms with van der Waals surface area (Å²) in [7, 11) is 0. The zero-order chi connectivity index (χ0) is 16.2. The average molecular weight is 315 g/mol. The van der Waals surface area contributed by atoms with Gasteiger partial charge in [0.25, 0.3) is 0 Å². The van der Waals surface area contributed by atoms with Gasteiger partial charge in [-0.05, 0) is 25.0 Å². The minimum Gasteiger partial charge on any atom is -0.508 e. The van der Waals surface area contributed by atoms with Gasteiger partial charge < -0.3 is 15.7 Å². The van der Waals surface area contributed by atoms with Crippen LogP contribution < -0.4 is 10.6 Å². The summed E-state index contributed by atoms with van der Waals surface area (Å²) < 4.78 is 0. The van der Waals surface area contributed by atoms with Crippen LogP contribution in [0.25, 0.3) is 0 Å². The largest absolute Gasteiger partial charge is 0.508 e. The van der Waals surface area contributed by atoms with Gasteiger partial charge in [0.05, 0.1) is 4.92 Å². The average Bonchev–Trinajstić information content (AvgIpc) is 3.00. The Labute approximate surface area is 132 Å². The van der Waals surface area contributed by atoms with Crippen molar-refractivity contribution in [2.24, 2.45) is 0 Å². The topological polar surface area (TPSA) is 113 Å². The fourth-order valence-corrected chi connectivity index (χ4v) is 2.65. The van der Waals surface area contributed by atoms with E-state index in [0.29, 0.717) is 5.69 Å². The summed E-state index contributed by atoms with van der Waals surface area (Å²) in [6.45, 7) is 0. The second kappa shape index (κ2) is 6.47. The van der Waals surface area contributed by atoms with E-state index in [1.165, 1.54) is 12.3 Å². The van der Waals surface area contributed by atoms with E-state index in [2.05, 4.69) is 20.6 Å². The van der Waals surface area contributed by atoms with E-state index in [1.807, 2.05) is 0 Å². The summed E-state index contributed by atoms with van der Waals surface area (Å²) >= 11 is 0. The zero-order valence-corrected chi connectivity index (χ0v) is 12.4. The number of rotatable bonds is 5. The molecule has 23 heavy (non-hydrogen) atoms. The third-order valence-corrected chi connectivity index (χ3v) is 3.76.